The molecule has 0 saturated carbocycles. The van der Waals surface area contributed by atoms with Crippen LogP contribution in [0, 0.1) is 0 Å². The summed E-state index contributed by atoms with van der Waals surface area (Å²) in [7, 11) is 0. The molecule has 1 heterocycles. The first kappa shape index (κ1) is 18.4. The van der Waals surface area contributed by atoms with Crippen LogP contribution in [0.25, 0.3) is 0 Å². The number of halogens is 1. The van der Waals surface area contributed by atoms with Crippen molar-refractivity contribution in [2.75, 3.05) is 26.2 Å². The first-order valence-electron chi connectivity index (χ1n) is 6.94. The third-order valence-electron chi connectivity index (χ3n) is 3.26. The van der Waals surface area contributed by atoms with Crippen molar-refractivity contribution in [3.8, 4) is 0 Å². The molecule has 112 valence electrons. The predicted octanol–water partition coefficient (Wildman–Crippen LogP) is 1.99. The quantitative estimate of drug-likeness (QED) is 0.549. The van der Waals surface area contributed by atoms with Crippen molar-refractivity contribution in [2.45, 2.75) is 45.3 Å². The first-order valence-corrected chi connectivity index (χ1v) is 6.94. The molecule has 2 unspecified atom stereocenters. The Balaban J connectivity index is 0.00000324. The highest BCUT2D eigenvalue weighted by Gasteiger charge is 2.28. The molecule has 0 aromatic carbocycles. The standard InChI is InChI=1S/C14H26N2O2.ClH/c1-4-6-10-18-12(3)14(17)16(9-5-2)13-7-8-15-11-13;/h4,12-13,15H,1,5-11H2,2-3H3;1H. The van der Waals surface area contributed by atoms with Gasteiger partial charge in [0.2, 0.25) is 0 Å². The highest BCUT2D eigenvalue weighted by molar-refractivity contribution is 5.85. The maximum atomic E-state index is 12.4. The van der Waals surface area contributed by atoms with Gasteiger partial charge >= 0.3 is 0 Å². The van der Waals surface area contributed by atoms with Gasteiger partial charge in [0, 0.05) is 19.1 Å². The van der Waals surface area contributed by atoms with Gasteiger partial charge in [0.05, 0.1) is 6.61 Å². The van der Waals surface area contributed by atoms with Gasteiger partial charge in [-0.1, -0.05) is 13.0 Å². The molecule has 1 N–H and O–H groups in total. The fourth-order valence-electron chi connectivity index (χ4n) is 2.25. The number of ether oxygens (including phenoxy) is 1. The summed E-state index contributed by atoms with van der Waals surface area (Å²) < 4.78 is 5.55. The Labute approximate surface area is 123 Å². The predicted molar refractivity (Wildman–Crippen MR) is 80.8 cm³/mol. The Bertz CT molecular complexity index is 268. The monoisotopic (exact) mass is 290 g/mol. The topological polar surface area (TPSA) is 41.6 Å². The van der Waals surface area contributed by atoms with E-state index in [-0.39, 0.29) is 24.4 Å². The second kappa shape index (κ2) is 10.2. The van der Waals surface area contributed by atoms with Crippen LogP contribution in [-0.2, 0) is 9.53 Å². The molecule has 1 fully saturated rings. The Morgan fingerprint density at radius 1 is 1.63 bits per heavy atom. The van der Waals surface area contributed by atoms with Gasteiger partial charge in [-0.05, 0) is 32.7 Å². The number of nitrogens with zero attached hydrogens (tertiary/aromatic N) is 1. The van der Waals surface area contributed by atoms with Gasteiger partial charge in [0.25, 0.3) is 5.91 Å². The second-order valence-electron chi connectivity index (χ2n) is 4.77. The molecule has 1 saturated heterocycles. The number of amides is 1. The van der Waals surface area contributed by atoms with Gasteiger partial charge in [-0.3, -0.25) is 4.79 Å². The summed E-state index contributed by atoms with van der Waals surface area (Å²) in [4.78, 5) is 14.3. The van der Waals surface area contributed by atoms with Gasteiger partial charge < -0.3 is 15.0 Å². The maximum absolute atomic E-state index is 12.4. The average molecular weight is 291 g/mol. The lowest BCUT2D eigenvalue weighted by Crippen LogP contribution is -2.46. The van der Waals surface area contributed by atoms with Crippen molar-refractivity contribution in [1.29, 1.82) is 0 Å². The lowest BCUT2D eigenvalue weighted by molar-refractivity contribution is -0.144. The van der Waals surface area contributed by atoms with Crippen LogP contribution in [0.3, 0.4) is 0 Å². The average Bonchev–Trinajstić information content (AvgIpc) is 2.89. The summed E-state index contributed by atoms with van der Waals surface area (Å²) >= 11 is 0. The van der Waals surface area contributed by atoms with Crippen molar-refractivity contribution in [3.05, 3.63) is 12.7 Å². The number of hydrogen-bond acceptors (Lipinski definition) is 3. The Morgan fingerprint density at radius 2 is 2.37 bits per heavy atom. The molecule has 2 atom stereocenters. The summed E-state index contributed by atoms with van der Waals surface area (Å²) in [5, 5.41) is 3.31. The number of carbonyl (C=O) groups is 1. The highest BCUT2D eigenvalue weighted by atomic mass is 35.5. The molecule has 0 aromatic heterocycles. The molecule has 5 heteroatoms. The van der Waals surface area contributed by atoms with E-state index in [1.165, 1.54) is 0 Å². The molecule has 1 rings (SSSR count). The summed E-state index contributed by atoms with van der Waals surface area (Å²) in [6, 6.07) is 0.336. The van der Waals surface area contributed by atoms with Crippen LogP contribution in [0.15, 0.2) is 12.7 Å². The summed E-state index contributed by atoms with van der Waals surface area (Å²) in [5.74, 6) is 0.120. The number of hydrogen-bond donors (Lipinski definition) is 1. The summed E-state index contributed by atoms with van der Waals surface area (Å²) in [6.07, 6.45) is 4.28. The van der Waals surface area contributed by atoms with E-state index in [9.17, 15) is 4.79 Å². The Kier molecular flexibility index (Phi) is 9.92. The second-order valence-corrected chi connectivity index (χ2v) is 4.77. The largest absolute Gasteiger partial charge is 0.368 e. The van der Waals surface area contributed by atoms with E-state index in [1.807, 2.05) is 17.9 Å². The maximum Gasteiger partial charge on any atom is 0.251 e. The van der Waals surface area contributed by atoms with Crippen LogP contribution >= 0.6 is 12.4 Å². The minimum absolute atomic E-state index is 0. The van der Waals surface area contributed by atoms with E-state index in [1.54, 1.807) is 0 Å². The van der Waals surface area contributed by atoms with E-state index < -0.39 is 0 Å². The van der Waals surface area contributed by atoms with Crippen molar-refractivity contribution in [3.63, 3.8) is 0 Å². The lowest BCUT2D eigenvalue weighted by Gasteiger charge is -2.30. The van der Waals surface area contributed by atoms with Gasteiger partial charge in [-0.25, -0.2) is 0 Å². The number of nitrogens with one attached hydrogen (secondary N) is 1. The van der Waals surface area contributed by atoms with Crippen molar-refractivity contribution >= 4 is 18.3 Å². The molecule has 0 aromatic rings. The van der Waals surface area contributed by atoms with Crippen LogP contribution in [0.4, 0.5) is 0 Å². The molecule has 0 bridgehead atoms. The minimum atomic E-state index is -0.350. The molecule has 1 aliphatic rings. The molecule has 0 radical (unpaired) electrons. The van der Waals surface area contributed by atoms with Crippen molar-refractivity contribution in [2.24, 2.45) is 0 Å². The fourth-order valence-corrected chi connectivity index (χ4v) is 2.25. The van der Waals surface area contributed by atoms with E-state index in [0.717, 1.165) is 38.9 Å². The summed E-state index contributed by atoms with van der Waals surface area (Å²) in [6.45, 7) is 10.9. The van der Waals surface area contributed by atoms with E-state index in [2.05, 4.69) is 18.8 Å². The Hall–Kier alpha value is -0.580. The highest BCUT2D eigenvalue weighted by Crippen LogP contribution is 2.12. The van der Waals surface area contributed by atoms with Crippen LogP contribution in [0.1, 0.15) is 33.1 Å². The van der Waals surface area contributed by atoms with Gasteiger partial charge in [-0.15, -0.1) is 19.0 Å². The molecule has 4 nitrogen and oxygen atoms in total. The molecular formula is C14H27ClN2O2. The van der Waals surface area contributed by atoms with Crippen LogP contribution < -0.4 is 5.32 Å². The first-order chi connectivity index (χ1) is 8.70. The third kappa shape index (κ3) is 5.93. The molecule has 19 heavy (non-hydrogen) atoms. The van der Waals surface area contributed by atoms with Crippen LogP contribution in [-0.4, -0.2) is 49.2 Å². The van der Waals surface area contributed by atoms with Gasteiger partial charge in [0.15, 0.2) is 0 Å². The summed E-state index contributed by atoms with van der Waals surface area (Å²) in [5.41, 5.74) is 0. The van der Waals surface area contributed by atoms with E-state index in [0.29, 0.717) is 12.6 Å². The number of carbonyl (C=O) groups excluding carboxylic acids is 1. The molecular weight excluding hydrogens is 264 g/mol. The van der Waals surface area contributed by atoms with Crippen LogP contribution in [0.5, 0.6) is 0 Å². The molecule has 0 spiro atoms. The van der Waals surface area contributed by atoms with Gasteiger partial charge in [0.1, 0.15) is 6.10 Å². The van der Waals surface area contributed by atoms with E-state index >= 15 is 0 Å². The Morgan fingerprint density at radius 3 is 2.89 bits per heavy atom. The van der Waals surface area contributed by atoms with Crippen molar-refractivity contribution < 1.29 is 9.53 Å². The third-order valence-corrected chi connectivity index (χ3v) is 3.26. The lowest BCUT2D eigenvalue weighted by atomic mass is 10.2. The number of rotatable bonds is 8. The molecule has 0 aliphatic carbocycles. The zero-order valence-electron chi connectivity index (χ0n) is 12.1. The SMILES string of the molecule is C=CCCOC(C)C(=O)N(CCC)C1CCNC1.Cl. The zero-order valence-corrected chi connectivity index (χ0v) is 12.9. The smallest absolute Gasteiger partial charge is 0.251 e. The van der Waals surface area contributed by atoms with Crippen LogP contribution in [0.2, 0.25) is 0 Å². The minimum Gasteiger partial charge on any atom is -0.368 e. The van der Waals surface area contributed by atoms with E-state index in [4.69, 9.17) is 4.74 Å². The normalized spacial score (nSPS) is 19.6. The van der Waals surface area contributed by atoms with Crippen molar-refractivity contribution in [1.82, 2.24) is 10.2 Å². The zero-order chi connectivity index (χ0) is 13.4. The van der Waals surface area contributed by atoms with Gasteiger partial charge in [-0.2, -0.15) is 0 Å². The molecule has 1 aliphatic heterocycles. The fraction of sp³-hybridized carbons (Fsp3) is 0.786. The molecule has 1 amide bonds.